The third kappa shape index (κ3) is 6.22. The van der Waals surface area contributed by atoms with E-state index in [4.69, 9.17) is 0 Å². The summed E-state index contributed by atoms with van der Waals surface area (Å²) in [5.41, 5.74) is 1.14. The van der Waals surface area contributed by atoms with E-state index in [0.717, 1.165) is 18.5 Å². The summed E-state index contributed by atoms with van der Waals surface area (Å²) in [6.45, 7) is 3.76. The Morgan fingerprint density at radius 1 is 1.20 bits per heavy atom. The average Bonchev–Trinajstić information content (AvgIpc) is 2.47. The predicted molar refractivity (Wildman–Crippen MR) is 82.6 cm³/mol. The first kappa shape index (κ1) is 16.0. The minimum Gasteiger partial charge on any atom is -0.356 e. The van der Waals surface area contributed by atoms with Crippen LogP contribution in [0.4, 0.5) is 0 Å². The Bertz CT molecular complexity index is 429. The van der Waals surface area contributed by atoms with E-state index in [1.165, 1.54) is 0 Å². The van der Waals surface area contributed by atoms with Crippen molar-refractivity contribution in [1.82, 2.24) is 15.5 Å². The molecular weight excluding hydrogens is 252 g/mol. The largest absolute Gasteiger partial charge is 0.356 e. The molecule has 0 aliphatic rings. The summed E-state index contributed by atoms with van der Waals surface area (Å²) in [7, 11) is 3.48. The third-order valence-electron chi connectivity index (χ3n) is 2.71. The second-order valence-electron chi connectivity index (χ2n) is 4.72. The van der Waals surface area contributed by atoms with Crippen molar-refractivity contribution in [3.05, 3.63) is 35.9 Å². The first-order valence-corrected chi connectivity index (χ1v) is 6.89. The fraction of sp³-hybridized carbons (Fsp3) is 0.467. The van der Waals surface area contributed by atoms with Crippen LogP contribution in [-0.2, 0) is 11.3 Å². The topological polar surface area (TPSA) is 56.7 Å². The molecule has 0 atom stereocenters. The second kappa shape index (κ2) is 8.96. The zero-order valence-corrected chi connectivity index (χ0v) is 12.5. The molecule has 5 heteroatoms. The maximum absolute atomic E-state index is 11.6. The highest BCUT2D eigenvalue weighted by molar-refractivity contribution is 5.86. The Hall–Kier alpha value is -2.04. The van der Waals surface area contributed by atoms with Crippen LogP contribution in [0, 0.1) is 0 Å². The first-order chi connectivity index (χ1) is 9.63. The number of hydrogen-bond donors (Lipinski definition) is 2. The Labute approximate surface area is 121 Å². The minimum atomic E-state index is 0.0238. The number of hydrogen-bond acceptors (Lipinski definition) is 2. The molecule has 0 unspecified atom stereocenters. The summed E-state index contributed by atoms with van der Waals surface area (Å²) < 4.78 is 0. The lowest BCUT2D eigenvalue weighted by atomic mass is 10.2. The highest BCUT2D eigenvalue weighted by atomic mass is 16.2. The Morgan fingerprint density at radius 3 is 2.50 bits per heavy atom. The summed E-state index contributed by atoms with van der Waals surface area (Å²) >= 11 is 0. The van der Waals surface area contributed by atoms with Gasteiger partial charge in [0, 0.05) is 20.6 Å². The van der Waals surface area contributed by atoms with Crippen molar-refractivity contribution in [3.63, 3.8) is 0 Å². The number of nitrogens with zero attached hydrogens (tertiary/aromatic N) is 2. The van der Waals surface area contributed by atoms with Gasteiger partial charge >= 0.3 is 0 Å². The molecule has 0 saturated heterocycles. The van der Waals surface area contributed by atoms with Crippen LogP contribution < -0.4 is 10.6 Å². The molecule has 110 valence electrons. The standard InChI is InChI=1S/C15H24N4O/c1-4-10-16-15(18-12-14(20)19(2)3)17-11-13-8-6-5-7-9-13/h5-9H,4,10-12H2,1-3H3,(H2,16,17,18). The van der Waals surface area contributed by atoms with E-state index in [-0.39, 0.29) is 12.5 Å². The molecule has 1 amide bonds. The maximum atomic E-state index is 11.6. The summed E-state index contributed by atoms with van der Waals surface area (Å²) in [6.07, 6.45) is 1.01. The molecule has 0 radical (unpaired) electrons. The summed E-state index contributed by atoms with van der Waals surface area (Å²) in [5.74, 6) is 0.696. The maximum Gasteiger partial charge on any atom is 0.241 e. The second-order valence-corrected chi connectivity index (χ2v) is 4.72. The van der Waals surface area contributed by atoms with Crippen LogP contribution in [0.15, 0.2) is 35.3 Å². The SMILES string of the molecule is CCCNC(=NCc1ccccc1)NCC(=O)N(C)C. The molecule has 0 aliphatic heterocycles. The average molecular weight is 276 g/mol. The lowest BCUT2D eigenvalue weighted by molar-refractivity contribution is -0.127. The van der Waals surface area contributed by atoms with Crippen LogP contribution >= 0.6 is 0 Å². The third-order valence-corrected chi connectivity index (χ3v) is 2.71. The number of carbonyl (C=O) groups excluding carboxylic acids is 1. The van der Waals surface area contributed by atoms with E-state index in [0.29, 0.717) is 12.5 Å². The van der Waals surface area contributed by atoms with Crippen LogP contribution in [0.1, 0.15) is 18.9 Å². The molecule has 0 spiro atoms. The molecule has 0 saturated carbocycles. The van der Waals surface area contributed by atoms with Crippen molar-refractivity contribution in [1.29, 1.82) is 0 Å². The van der Waals surface area contributed by atoms with Gasteiger partial charge in [-0.1, -0.05) is 37.3 Å². The number of carbonyl (C=O) groups is 1. The van der Waals surface area contributed by atoms with Gasteiger partial charge in [-0.25, -0.2) is 4.99 Å². The minimum absolute atomic E-state index is 0.0238. The molecule has 1 aromatic carbocycles. The molecule has 0 aromatic heterocycles. The van der Waals surface area contributed by atoms with Gasteiger partial charge in [-0.05, 0) is 12.0 Å². The fourth-order valence-electron chi connectivity index (χ4n) is 1.49. The first-order valence-electron chi connectivity index (χ1n) is 6.89. The highest BCUT2D eigenvalue weighted by Crippen LogP contribution is 1.99. The number of benzene rings is 1. The van der Waals surface area contributed by atoms with Gasteiger partial charge in [0.2, 0.25) is 5.91 Å². The fourth-order valence-corrected chi connectivity index (χ4v) is 1.49. The van der Waals surface area contributed by atoms with Crippen molar-refractivity contribution in [2.75, 3.05) is 27.2 Å². The molecule has 0 aliphatic carbocycles. The van der Waals surface area contributed by atoms with E-state index < -0.39 is 0 Å². The predicted octanol–water partition coefficient (Wildman–Crippen LogP) is 1.22. The van der Waals surface area contributed by atoms with Gasteiger partial charge in [-0.2, -0.15) is 0 Å². The zero-order valence-electron chi connectivity index (χ0n) is 12.5. The molecule has 0 fully saturated rings. The lowest BCUT2D eigenvalue weighted by Crippen LogP contribution is -2.43. The van der Waals surface area contributed by atoms with E-state index in [9.17, 15) is 4.79 Å². The Balaban J connectivity index is 2.56. The van der Waals surface area contributed by atoms with Gasteiger partial charge in [0.25, 0.3) is 0 Å². The molecule has 2 N–H and O–H groups in total. The number of nitrogens with one attached hydrogen (secondary N) is 2. The van der Waals surface area contributed by atoms with E-state index in [1.807, 2.05) is 30.3 Å². The van der Waals surface area contributed by atoms with Crippen LogP contribution in [0.5, 0.6) is 0 Å². The van der Waals surface area contributed by atoms with Gasteiger partial charge in [-0.3, -0.25) is 4.79 Å². The van der Waals surface area contributed by atoms with E-state index >= 15 is 0 Å². The van der Waals surface area contributed by atoms with Crippen molar-refractivity contribution in [3.8, 4) is 0 Å². The Kier molecular flexibility index (Phi) is 7.17. The number of aliphatic imine (C=N–C) groups is 1. The zero-order chi connectivity index (χ0) is 14.8. The van der Waals surface area contributed by atoms with Gasteiger partial charge in [-0.15, -0.1) is 0 Å². The van der Waals surface area contributed by atoms with E-state index in [2.05, 4.69) is 22.5 Å². The molecule has 0 heterocycles. The van der Waals surface area contributed by atoms with Crippen LogP contribution in [0.2, 0.25) is 0 Å². The Morgan fingerprint density at radius 2 is 1.90 bits per heavy atom. The number of rotatable bonds is 6. The van der Waals surface area contributed by atoms with Gasteiger partial charge < -0.3 is 15.5 Å². The molecular formula is C15H24N4O. The number of likely N-dealkylation sites (N-methyl/N-ethyl adjacent to an activating group) is 1. The smallest absolute Gasteiger partial charge is 0.241 e. The van der Waals surface area contributed by atoms with E-state index in [1.54, 1.807) is 19.0 Å². The highest BCUT2D eigenvalue weighted by Gasteiger charge is 2.05. The van der Waals surface area contributed by atoms with Gasteiger partial charge in [0.15, 0.2) is 5.96 Å². The number of guanidine groups is 1. The van der Waals surface area contributed by atoms with Crippen molar-refractivity contribution >= 4 is 11.9 Å². The molecule has 1 rings (SSSR count). The molecule has 5 nitrogen and oxygen atoms in total. The number of amides is 1. The van der Waals surface area contributed by atoms with Gasteiger partial charge in [0.1, 0.15) is 0 Å². The monoisotopic (exact) mass is 276 g/mol. The molecule has 20 heavy (non-hydrogen) atoms. The molecule has 0 bridgehead atoms. The van der Waals surface area contributed by atoms with Crippen LogP contribution in [-0.4, -0.2) is 44.0 Å². The summed E-state index contributed by atoms with van der Waals surface area (Å²) in [6, 6.07) is 10.0. The summed E-state index contributed by atoms with van der Waals surface area (Å²) in [4.78, 5) is 17.6. The van der Waals surface area contributed by atoms with Crippen molar-refractivity contribution < 1.29 is 4.79 Å². The summed E-state index contributed by atoms with van der Waals surface area (Å²) in [5, 5.41) is 6.26. The lowest BCUT2D eigenvalue weighted by Gasteiger charge is -2.14. The van der Waals surface area contributed by atoms with Gasteiger partial charge in [0.05, 0.1) is 13.1 Å². The van der Waals surface area contributed by atoms with Crippen LogP contribution in [0.3, 0.4) is 0 Å². The van der Waals surface area contributed by atoms with Crippen molar-refractivity contribution in [2.45, 2.75) is 19.9 Å². The normalized spacial score (nSPS) is 11.1. The van der Waals surface area contributed by atoms with Crippen molar-refractivity contribution in [2.24, 2.45) is 4.99 Å². The quantitative estimate of drug-likeness (QED) is 0.607. The molecule has 1 aromatic rings. The van der Waals surface area contributed by atoms with Crippen LogP contribution in [0.25, 0.3) is 0 Å².